The standard InChI is InChI=1S/C26H28N2O2/c1-21(29)24-9-11-25(12-10-24)28-17-15-27(16-18-28)19-22-7-13-26(14-8-22)30-20-23-5-3-2-4-6-23/h2-14H,15-20H2,1H3/p+1. The predicted octanol–water partition coefficient (Wildman–Crippen LogP) is 3.37. The average Bonchev–Trinajstić information content (AvgIpc) is 2.80. The molecule has 3 aromatic carbocycles. The molecule has 1 fully saturated rings. The number of nitrogens with one attached hydrogen (secondary N) is 1. The van der Waals surface area contributed by atoms with Crippen molar-refractivity contribution in [2.24, 2.45) is 0 Å². The molecule has 0 radical (unpaired) electrons. The van der Waals surface area contributed by atoms with Crippen LogP contribution in [-0.2, 0) is 13.2 Å². The van der Waals surface area contributed by atoms with E-state index in [0.29, 0.717) is 6.61 Å². The Morgan fingerprint density at radius 2 is 1.53 bits per heavy atom. The maximum absolute atomic E-state index is 11.4. The van der Waals surface area contributed by atoms with E-state index in [1.807, 2.05) is 30.3 Å². The van der Waals surface area contributed by atoms with Crippen LogP contribution < -0.4 is 14.5 Å². The highest BCUT2D eigenvalue weighted by Crippen LogP contribution is 2.16. The third-order valence-electron chi connectivity index (χ3n) is 5.74. The molecule has 4 nitrogen and oxygen atoms in total. The highest BCUT2D eigenvalue weighted by molar-refractivity contribution is 5.94. The molecule has 0 saturated carbocycles. The van der Waals surface area contributed by atoms with Gasteiger partial charge in [-0.1, -0.05) is 30.3 Å². The van der Waals surface area contributed by atoms with Crippen LogP contribution in [0.15, 0.2) is 78.9 Å². The zero-order chi connectivity index (χ0) is 20.8. The predicted molar refractivity (Wildman–Crippen MR) is 120 cm³/mol. The fourth-order valence-electron chi connectivity index (χ4n) is 3.90. The first-order chi connectivity index (χ1) is 14.7. The lowest BCUT2D eigenvalue weighted by Gasteiger charge is -2.33. The Hall–Kier alpha value is -3.11. The van der Waals surface area contributed by atoms with Gasteiger partial charge in [0, 0.05) is 16.8 Å². The van der Waals surface area contributed by atoms with Crippen LogP contribution in [0.3, 0.4) is 0 Å². The lowest BCUT2D eigenvalue weighted by Crippen LogP contribution is -3.13. The highest BCUT2D eigenvalue weighted by atomic mass is 16.5. The van der Waals surface area contributed by atoms with E-state index in [1.54, 1.807) is 11.8 Å². The van der Waals surface area contributed by atoms with Gasteiger partial charge < -0.3 is 14.5 Å². The number of Topliss-reactive ketones (excluding diaryl/α,β-unsaturated/α-hetero) is 1. The van der Waals surface area contributed by atoms with Gasteiger partial charge in [-0.25, -0.2) is 0 Å². The zero-order valence-electron chi connectivity index (χ0n) is 17.5. The minimum Gasteiger partial charge on any atom is -0.489 e. The van der Waals surface area contributed by atoms with Crippen LogP contribution in [0.25, 0.3) is 0 Å². The van der Waals surface area contributed by atoms with E-state index >= 15 is 0 Å². The van der Waals surface area contributed by atoms with Crippen molar-refractivity contribution >= 4 is 11.5 Å². The Morgan fingerprint density at radius 3 is 2.17 bits per heavy atom. The van der Waals surface area contributed by atoms with E-state index in [1.165, 1.54) is 16.8 Å². The van der Waals surface area contributed by atoms with Crippen molar-refractivity contribution in [1.29, 1.82) is 0 Å². The van der Waals surface area contributed by atoms with E-state index < -0.39 is 0 Å². The second-order valence-corrected chi connectivity index (χ2v) is 7.94. The minimum atomic E-state index is 0.118. The average molecular weight is 402 g/mol. The third-order valence-corrected chi connectivity index (χ3v) is 5.74. The molecule has 3 aromatic rings. The maximum Gasteiger partial charge on any atom is 0.159 e. The molecule has 0 aromatic heterocycles. The number of anilines is 1. The quantitative estimate of drug-likeness (QED) is 0.617. The molecule has 154 valence electrons. The van der Waals surface area contributed by atoms with Crippen LogP contribution in [-0.4, -0.2) is 32.0 Å². The summed E-state index contributed by atoms with van der Waals surface area (Å²) in [4.78, 5) is 15.5. The Morgan fingerprint density at radius 1 is 0.867 bits per heavy atom. The van der Waals surface area contributed by atoms with Crippen molar-refractivity contribution < 1.29 is 14.4 Å². The largest absolute Gasteiger partial charge is 0.489 e. The second-order valence-electron chi connectivity index (χ2n) is 7.94. The molecule has 1 heterocycles. The van der Waals surface area contributed by atoms with Gasteiger partial charge in [0.25, 0.3) is 0 Å². The summed E-state index contributed by atoms with van der Waals surface area (Å²) < 4.78 is 5.89. The molecule has 0 bridgehead atoms. The lowest BCUT2D eigenvalue weighted by atomic mass is 10.1. The number of ketones is 1. The van der Waals surface area contributed by atoms with Crippen molar-refractivity contribution in [2.45, 2.75) is 20.1 Å². The van der Waals surface area contributed by atoms with Crippen LogP contribution in [0, 0.1) is 0 Å². The van der Waals surface area contributed by atoms with Gasteiger partial charge >= 0.3 is 0 Å². The first-order valence-electron chi connectivity index (χ1n) is 10.6. The van der Waals surface area contributed by atoms with Crippen LogP contribution in [0.1, 0.15) is 28.4 Å². The first kappa shape index (κ1) is 20.2. The number of nitrogens with zero attached hydrogens (tertiary/aromatic N) is 1. The number of rotatable bonds is 7. The van der Waals surface area contributed by atoms with Gasteiger partial charge in [-0.05, 0) is 61.0 Å². The molecule has 0 unspecified atom stereocenters. The van der Waals surface area contributed by atoms with E-state index in [2.05, 4.69) is 53.4 Å². The van der Waals surface area contributed by atoms with E-state index in [4.69, 9.17) is 4.74 Å². The van der Waals surface area contributed by atoms with Gasteiger partial charge in [0.15, 0.2) is 5.78 Å². The number of piperazine rings is 1. The molecule has 1 aliphatic heterocycles. The zero-order valence-corrected chi connectivity index (χ0v) is 17.5. The van der Waals surface area contributed by atoms with Crippen molar-refractivity contribution in [3.63, 3.8) is 0 Å². The summed E-state index contributed by atoms with van der Waals surface area (Å²) in [5.41, 5.74) is 4.51. The fourth-order valence-corrected chi connectivity index (χ4v) is 3.90. The topological polar surface area (TPSA) is 34.0 Å². The Kier molecular flexibility index (Phi) is 6.45. The summed E-state index contributed by atoms with van der Waals surface area (Å²) in [6, 6.07) is 26.7. The molecular formula is C26H29N2O2+. The van der Waals surface area contributed by atoms with Gasteiger partial charge in [0.1, 0.15) is 18.9 Å². The Bertz CT molecular complexity index is 945. The number of ether oxygens (including phenoxy) is 1. The molecule has 0 aliphatic carbocycles. The number of hydrogen-bond donors (Lipinski definition) is 1. The van der Waals surface area contributed by atoms with Crippen molar-refractivity contribution in [2.75, 3.05) is 31.1 Å². The van der Waals surface area contributed by atoms with Gasteiger partial charge in [-0.3, -0.25) is 4.79 Å². The summed E-state index contributed by atoms with van der Waals surface area (Å²) in [5, 5.41) is 0. The minimum absolute atomic E-state index is 0.118. The third kappa shape index (κ3) is 5.28. The summed E-state index contributed by atoms with van der Waals surface area (Å²) in [6.45, 7) is 7.54. The van der Waals surface area contributed by atoms with E-state index in [-0.39, 0.29) is 5.78 Å². The monoisotopic (exact) mass is 401 g/mol. The summed E-state index contributed by atoms with van der Waals surface area (Å²) in [6.07, 6.45) is 0. The molecule has 4 heteroatoms. The number of hydrogen-bond acceptors (Lipinski definition) is 3. The molecule has 4 rings (SSSR count). The summed E-state index contributed by atoms with van der Waals surface area (Å²) in [5.74, 6) is 1.03. The normalized spacial score (nSPS) is 14.5. The second kappa shape index (κ2) is 9.59. The SMILES string of the molecule is CC(=O)c1ccc(N2CC[NH+](Cc3ccc(OCc4ccccc4)cc3)CC2)cc1. The van der Waals surface area contributed by atoms with Crippen LogP contribution >= 0.6 is 0 Å². The smallest absolute Gasteiger partial charge is 0.159 e. The van der Waals surface area contributed by atoms with Gasteiger partial charge in [0.05, 0.1) is 26.2 Å². The molecule has 1 saturated heterocycles. The van der Waals surface area contributed by atoms with Gasteiger partial charge in [0.2, 0.25) is 0 Å². The molecule has 0 amide bonds. The van der Waals surface area contributed by atoms with Crippen LogP contribution in [0.5, 0.6) is 5.75 Å². The van der Waals surface area contributed by atoms with Crippen LogP contribution in [0.2, 0.25) is 0 Å². The molecule has 0 spiro atoms. The Labute approximate surface area is 178 Å². The number of quaternary nitrogens is 1. The molecule has 1 aliphatic rings. The van der Waals surface area contributed by atoms with Gasteiger partial charge in [-0.2, -0.15) is 0 Å². The van der Waals surface area contributed by atoms with E-state index in [0.717, 1.165) is 44.0 Å². The number of benzene rings is 3. The van der Waals surface area contributed by atoms with Crippen molar-refractivity contribution in [3.8, 4) is 5.75 Å². The van der Waals surface area contributed by atoms with Crippen LogP contribution in [0.4, 0.5) is 5.69 Å². The van der Waals surface area contributed by atoms with E-state index in [9.17, 15) is 4.79 Å². The van der Waals surface area contributed by atoms with Crippen molar-refractivity contribution in [3.05, 3.63) is 95.6 Å². The molecule has 1 N–H and O–H groups in total. The maximum atomic E-state index is 11.4. The molecule has 30 heavy (non-hydrogen) atoms. The summed E-state index contributed by atoms with van der Waals surface area (Å²) >= 11 is 0. The van der Waals surface area contributed by atoms with Crippen molar-refractivity contribution in [1.82, 2.24) is 0 Å². The number of carbonyl (C=O) groups excluding carboxylic acids is 1. The Balaban J connectivity index is 1.25. The lowest BCUT2D eigenvalue weighted by molar-refractivity contribution is -0.914. The first-order valence-corrected chi connectivity index (χ1v) is 10.6. The fraction of sp³-hybridized carbons (Fsp3) is 0.269. The molecule has 0 atom stereocenters. The molecular weight excluding hydrogens is 372 g/mol. The van der Waals surface area contributed by atoms with Gasteiger partial charge in [-0.15, -0.1) is 0 Å². The highest BCUT2D eigenvalue weighted by Gasteiger charge is 2.20. The number of carbonyl (C=O) groups is 1. The summed E-state index contributed by atoms with van der Waals surface area (Å²) in [7, 11) is 0.